The fourth-order valence-corrected chi connectivity index (χ4v) is 3.05. The van der Waals surface area contributed by atoms with Gasteiger partial charge in [-0.05, 0) is 12.8 Å². The number of amides is 1. The highest BCUT2D eigenvalue weighted by Gasteiger charge is 2.28. The topological polar surface area (TPSA) is 60.9 Å². The molecule has 0 bridgehead atoms. The molecular formula is C14H25ClN2O3. The maximum absolute atomic E-state index is 12.3. The van der Waals surface area contributed by atoms with Gasteiger partial charge in [-0.3, -0.25) is 14.5 Å². The van der Waals surface area contributed by atoms with Gasteiger partial charge >= 0.3 is 5.97 Å². The molecule has 1 saturated carbocycles. The minimum atomic E-state index is -0.749. The molecule has 2 fully saturated rings. The number of aliphatic carboxylic acids is 1. The maximum Gasteiger partial charge on any atom is 0.304 e. The van der Waals surface area contributed by atoms with Gasteiger partial charge in [0.05, 0.1) is 6.42 Å². The molecule has 5 nitrogen and oxygen atoms in total. The largest absolute Gasteiger partial charge is 0.481 e. The number of carbonyl (C=O) groups is 2. The van der Waals surface area contributed by atoms with Crippen LogP contribution in [0.3, 0.4) is 0 Å². The average molecular weight is 305 g/mol. The Bertz CT molecular complexity index is 324. The summed E-state index contributed by atoms with van der Waals surface area (Å²) in [5, 5.41) is 8.66. The number of hydrogen-bond donors (Lipinski definition) is 1. The van der Waals surface area contributed by atoms with Crippen molar-refractivity contribution in [2.75, 3.05) is 32.7 Å². The van der Waals surface area contributed by atoms with E-state index in [0.717, 1.165) is 39.0 Å². The van der Waals surface area contributed by atoms with Crippen LogP contribution in [0.15, 0.2) is 0 Å². The Balaban J connectivity index is 0.00000200. The second-order valence-electron chi connectivity index (χ2n) is 5.65. The summed E-state index contributed by atoms with van der Waals surface area (Å²) in [6.07, 6.45) is 5.95. The Morgan fingerprint density at radius 1 is 1.00 bits per heavy atom. The van der Waals surface area contributed by atoms with E-state index in [2.05, 4.69) is 4.90 Å². The lowest BCUT2D eigenvalue weighted by atomic mass is 9.88. The standard InChI is InChI=1S/C14H24N2O3.ClH/c17-13(18)6-7-15-8-10-16(11-9-15)14(19)12-4-2-1-3-5-12;/h12H,1-11H2,(H,17,18);1H. The number of carbonyl (C=O) groups excluding carboxylic acids is 1. The quantitative estimate of drug-likeness (QED) is 0.857. The van der Waals surface area contributed by atoms with Crippen LogP contribution in [0.5, 0.6) is 0 Å². The molecule has 1 aliphatic carbocycles. The molecule has 1 saturated heterocycles. The van der Waals surface area contributed by atoms with Crippen LogP contribution in [0.25, 0.3) is 0 Å². The van der Waals surface area contributed by atoms with Crippen molar-refractivity contribution in [2.45, 2.75) is 38.5 Å². The van der Waals surface area contributed by atoms with Gasteiger partial charge in [-0.15, -0.1) is 12.4 Å². The Morgan fingerprint density at radius 3 is 2.15 bits per heavy atom. The van der Waals surface area contributed by atoms with Crippen LogP contribution in [-0.2, 0) is 9.59 Å². The first-order valence-corrected chi connectivity index (χ1v) is 7.40. The Kier molecular flexibility index (Phi) is 7.30. The van der Waals surface area contributed by atoms with Gasteiger partial charge in [-0.2, -0.15) is 0 Å². The summed E-state index contributed by atoms with van der Waals surface area (Å²) in [6.45, 7) is 3.74. The van der Waals surface area contributed by atoms with Crippen LogP contribution in [0, 0.1) is 5.92 Å². The van der Waals surface area contributed by atoms with Gasteiger partial charge in [-0.25, -0.2) is 0 Å². The summed E-state index contributed by atoms with van der Waals surface area (Å²) in [6, 6.07) is 0. The van der Waals surface area contributed by atoms with Crippen LogP contribution in [0.4, 0.5) is 0 Å². The number of halogens is 1. The molecule has 0 unspecified atom stereocenters. The number of piperazine rings is 1. The number of carboxylic acids is 1. The fourth-order valence-electron chi connectivity index (χ4n) is 3.05. The lowest BCUT2D eigenvalue weighted by Crippen LogP contribution is -2.50. The highest BCUT2D eigenvalue weighted by atomic mass is 35.5. The monoisotopic (exact) mass is 304 g/mol. The molecule has 1 heterocycles. The predicted octanol–water partition coefficient (Wildman–Crippen LogP) is 1.61. The van der Waals surface area contributed by atoms with Crippen molar-refractivity contribution < 1.29 is 14.7 Å². The van der Waals surface area contributed by atoms with Crippen molar-refractivity contribution in [3.63, 3.8) is 0 Å². The summed E-state index contributed by atoms with van der Waals surface area (Å²) >= 11 is 0. The first-order chi connectivity index (χ1) is 9.16. The van der Waals surface area contributed by atoms with E-state index in [0.29, 0.717) is 12.5 Å². The maximum atomic E-state index is 12.3. The van der Waals surface area contributed by atoms with Gasteiger partial charge in [-0.1, -0.05) is 19.3 Å². The fraction of sp³-hybridized carbons (Fsp3) is 0.857. The van der Waals surface area contributed by atoms with Crippen LogP contribution < -0.4 is 0 Å². The molecule has 0 aromatic rings. The van der Waals surface area contributed by atoms with Crippen molar-refractivity contribution in [3.05, 3.63) is 0 Å². The van der Waals surface area contributed by atoms with Crippen LogP contribution >= 0.6 is 12.4 Å². The molecule has 0 aromatic carbocycles. The Morgan fingerprint density at radius 2 is 1.60 bits per heavy atom. The Labute approximate surface area is 126 Å². The molecule has 1 amide bonds. The van der Waals surface area contributed by atoms with E-state index in [1.165, 1.54) is 19.3 Å². The van der Waals surface area contributed by atoms with Crippen molar-refractivity contribution in [3.8, 4) is 0 Å². The summed E-state index contributed by atoms with van der Waals surface area (Å²) in [5.41, 5.74) is 0. The van der Waals surface area contributed by atoms with Crippen LogP contribution in [0.1, 0.15) is 38.5 Å². The third kappa shape index (κ3) is 4.94. The van der Waals surface area contributed by atoms with Crippen molar-refractivity contribution in [1.29, 1.82) is 0 Å². The predicted molar refractivity (Wildman–Crippen MR) is 79.1 cm³/mol. The normalized spacial score (nSPS) is 21.3. The van der Waals surface area contributed by atoms with E-state index in [4.69, 9.17) is 5.11 Å². The van der Waals surface area contributed by atoms with Crippen molar-refractivity contribution in [2.24, 2.45) is 5.92 Å². The minimum Gasteiger partial charge on any atom is -0.481 e. The van der Waals surface area contributed by atoms with Crippen molar-refractivity contribution >= 4 is 24.3 Å². The molecule has 0 aromatic heterocycles. The third-order valence-electron chi connectivity index (χ3n) is 4.28. The van der Waals surface area contributed by atoms with E-state index in [-0.39, 0.29) is 24.7 Å². The molecule has 2 rings (SSSR count). The van der Waals surface area contributed by atoms with E-state index in [1.54, 1.807) is 0 Å². The Hall–Kier alpha value is -0.810. The minimum absolute atomic E-state index is 0. The van der Waals surface area contributed by atoms with E-state index >= 15 is 0 Å². The van der Waals surface area contributed by atoms with Crippen LogP contribution in [-0.4, -0.2) is 59.5 Å². The van der Waals surface area contributed by atoms with E-state index < -0.39 is 5.97 Å². The summed E-state index contributed by atoms with van der Waals surface area (Å²) in [5.74, 6) is -0.169. The molecule has 1 aliphatic heterocycles. The number of nitrogens with zero attached hydrogens (tertiary/aromatic N) is 2. The van der Waals surface area contributed by atoms with Crippen molar-refractivity contribution in [1.82, 2.24) is 9.80 Å². The highest BCUT2D eigenvalue weighted by molar-refractivity contribution is 5.85. The van der Waals surface area contributed by atoms with E-state index in [9.17, 15) is 9.59 Å². The van der Waals surface area contributed by atoms with Gasteiger partial charge in [0, 0.05) is 38.6 Å². The van der Waals surface area contributed by atoms with Gasteiger partial charge in [0.25, 0.3) is 0 Å². The number of hydrogen-bond acceptors (Lipinski definition) is 3. The lowest BCUT2D eigenvalue weighted by Gasteiger charge is -2.37. The zero-order valence-corrected chi connectivity index (χ0v) is 12.7. The molecule has 6 heteroatoms. The summed E-state index contributed by atoms with van der Waals surface area (Å²) in [4.78, 5) is 27.0. The second kappa shape index (κ2) is 8.47. The molecular weight excluding hydrogens is 280 g/mol. The zero-order chi connectivity index (χ0) is 13.7. The van der Waals surface area contributed by atoms with Crippen LogP contribution in [0.2, 0.25) is 0 Å². The van der Waals surface area contributed by atoms with Gasteiger partial charge < -0.3 is 10.0 Å². The first-order valence-electron chi connectivity index (χ1n) is 7.40. The third-order valence-corrected chi connectivity index (χ3v) is 4.28. The zero-order valence-electron chi connectivity index (χ0n) is 11.9. The molecule has 0 radical (unpaired) electrons. The van der Waals surface area contributed by atoms with Gasteiger partial charge in [0.15, 0.2) is 0 Å². The highest BCUT2D eigenvalue weighted by Crippen LogP contribution is 2.25. The van der Waals surface area contributed by atoms with E-state index in [1.807, 2.05) is 4.90 Å². The molecule has 2 aliphatic rings. The lowest BCUT2D eigenvalue weighted by molar-refractivity contribution is -0.140. The van der Waals surface area contributed by atoms with Gasteiger partial charge in [0.2, 0.25) is 5.91 Å². The molecule has 20 heavy (non-hydrogen) atoms. The summed E-state index contributed by atoms with van der Waals surface area (Å²) < 4.78 is 0. The SMILES string of the molecule is Cl.O=C(O)CCN1CCN(C(=O)C2CCCCC2)CC1. The molecule has 1 N–H and O–H groups in total. The smallest absolute Gasteiger partial charge is 0.304 e. The molecule has 0 spiro atoms. The number of carboxylic acid groups (broad SMARTS) is 1. The average Bonchev–Trinajstić information content (AvgIpc) is 2.46. The van der Waals surface area contributed by atoms with Gasteiger partial charge in [0.1, 0.15) is 0 Å². The molecule has 0 atom stereocenters. The second-order valence-corrected chi connectivity index (χ2v) is 5.65. The number of rotatable bonds is 4. The summed E-state index contributed by atoms with van der Waals surface area (Å²) in [7, 11) is 0. The molecule has 116 valence electrons. The first kappa shape index (κ1) is 17.2.